The summed E-state index contributed by atoms with van der Waals surface area (Å²) in [5.41, 5.74) is 1.83. The summed E-state index contributed by atoms with van der Waals surface area (Å²) in [5, 5.41) is 2.83. The smallest absolute Gasteiger partial charge is 0.239 e. The van der Waals surface area contributed by atoms with Gasteiger partial charge >= 0.3 is 0 Å². The molecule has 142 valence electrons. The number of nitrogens with zero attached hydrogens (tertiary/aromatic N) is 1. The standard InChI is InChI=1S/C20H22N2O5/c1-14(23)22(11-16-5-8-18-19(9-16)27-13-26-18)12-20(24)21-10-15-3-6-17(25-2)7-4-15/h3-9H,10-13H2,1-2H3,(H,21,24). The fourth-order valence-corrected chi connectivity index (χ4v) is 2.71. The van der Waals surface area contributed by atoms with Gasteiger partial charge in [-0.25, -0.2) is 0 Å². The number of nitrogens with one attached hydrogen (secondary N) is 1. The fraction of sp³-hybridized carbons (Fsp3) is 0.300. The molecule has 0 unspecified atom stereocenters. The van der Waals surface area contributed by atoms with Crippen LogP contribution in [-0.2, 0) is 22.7 Å². The highest BCUT2D eigenvalue weighted by atomic mass is 16.7. The first-order chi connectivity index (χ1) is 13.0. The first-order valence-electron chi connectivity index (χ1n) is 8.59. The molecule has 0 saturated heterocycles. The van der Waals surface area contributed by atoms with Crippen molar-refractivity contribution in [2.45, 2.75) is 20.0 Å². The molecule has 0 radical (unpaired) electrons. The first-order valence-corrected chi connectivity index (χ1v) is 8.59. The molecule has 0 spiro atoms. The van der Waals surface area contributed by atoms with Gasteiger partial charge in [0.25, 0.3) is 0 Å². The maximum atomic E-state index is 12.3. The van der Waals surface area contributed by atoms with E-state index in [9.17, 15) is 9.59 Å². The zero-order valence-corrected chi connectivity index (χ0v) is 15.4. The largest absolute Gasteiger partial charge is 0.497 e. The van der Waals surface area contributed by atoms with E-state index in [1.807, 2.05) is 36.4 Å². The minimum absolute atomic E-state index is 0.0140. The van der Waals surface area contributed by atoms with Gasteiger partial charge in [-0.3, -0.25) is 9.59 Å². The molecule has 0 saturated carbocycles. The minimum Gasteiger partial charge on any atom is -0.497 e. The Morgan fingerprint density at radius 1 is 1.07 bits per heavy atom. The van der Waals surface area contributed by atoms with Crippen LogP contribution < -0.4 is 19.5 Å². The summed E-state index contributed by atoms with van der Waals surface area (Å²) >= 11 is 0. The lowest BCUT2D eigenvalue weighted by molar-refractivity contribution is -0.135. The van der Waals surface area contributed by atoms with E-state index >= 15 is 0 Å². The Morgan fingerprint density at radius 3 is 2.48 bits per heavy atom. The summed E-state index contributed by atoms with van der Waals surface area (Å²) in [7, 11) is 1.60. The van der Waals surface area contributed by atoms with Crippen LogP contribution in [0.1, 0.15) is 18.1 Å². The lowest BCUT2D eigenvalue weighted by Crippen LogP contribution is -2.39. The second-order valence-electron chi connectivity index (χ2n) is 6.19. The highest BCUT2D eigenvalue weighted by molar-refractivity contribution is 5.83. The molecule has 1 aliphatic heterocycles. The van der Waals surface area contributed by atoms with Gasteiger partial charge in [0.05, 0.1) is 13.7 Å². The summed E-state index contributed by atoms with van der Waals surface area (Å²) in [6.45, 7) is 2.34. The molecule has 2 aromatic carbocycles. The van der Waals surface area contributed by atoms with Gasteiger partial charge in [-0.15, -0.1) is 0 Å². The lowest BCUT2D eigenvalue weighted by atomic mass is 10.2. The van der Waals surface area contributed by atoms with Gasteiger partial charge in [0.15, 0.2) is 11.5 Å². The molecule has 0 atom stereocenters. The number of hydrogen-bond acceptors (Lipinski definition) is 5. The average Bonchev–Trinajstić information content (AvgIpc) is 3.14. The molecule has 1 heterocycles. The van der Waals surface area contributed by atoms with Crippen molar-refractivity contribution in [3.63, 3.8) is 0 Å². The molecule has 7 nitrogen and oxygen atoms in total. The van der Waals surface area contributed by atoms with Crippen molar-refractivity contribution in [3.05, 3.63) is 53.6 Å². The Balaban J connectivity index is 1.55. The minimum atomic E-state index is -0.221. The summed E-state index contributed by atoms with van der Waals surface area (Å²) in [4.78, 5) is 25.7. The van der Waals surface area contributed by atoms with Crippen LogP contribution in [-0.4, -0.2) is 37.2 Å². The first kappa shape index (κ1) is 18.6. The van der Waals surface area contributed by atoms with Crippen LogP contribution in [0.4, 0.5) is 0 Å². The monoisotopic (exact) mass is 370 g/mol. The summed E-state index contributed by atoms with van der Waals surface area (Å²) in [5.74, 6) is 1.70. The number of ether oxygens (including phenoxy) is 3. The van der Waals surface area contributed by atoms with Crippen LogP contribution in [0, 0.1) is 0 Å². The molecule has 2 aromatic rings. The Bertz CT molecular complexity index is 820. The van der Waals surface area contributed by atoms with E-state index in [2.05, 4.69) is 5.32 Å². The lowest BCUT2D eigenvalue weighted by Gasteiger charge is -2.21. The number of rotatable bonds is 7. The highest BCUT2D eigenvalue weighted by Gasteiger charge is 2.17. The second kappa shape index (κ2) is 8.44. The normalized spacial score (nSPS) is 11.8. The van der Waals surface area contributed by atoms with Crippen LogP contribution in [0.2, 0.25) is 0 Å². The van der Waals surface area contributed by atoms with Crippen LogP contribution in [0.5, 0.6) is 17.2 Å². The van der Waals surface area contributed by atoms with Crippen LogP contribution >= 0.6 is 0 Å². The van der Waals surface area contributed by atoms with Crippen molar-refractivity contribution < 1.29 is 23.8 Å². The number of carbonyl (C=O) groups excluding carboxylic acids is 2. The maximum Gasteiger partial charge on any atom is 0.239 e. The molecule has 2 amide bonds. The van der Waals surface area contributed by atoms with Crippen molar-refractivity contribution in [1.82, 2.24) is 10.2 Å². The van der Waals surface area contributed by atoms with E-state index in [0.29, 0.717) is 24.6 Å². The third-order valence-electron chi connectivity index (χ3n) is 4.24. The van der Waals surface area contributed by atoms with E-state index in [1.54, 1.807) is 13.2 Å². The van der Waals surface area contributed by atoms with E-state index in [-0.39, 0.29) is 25.2 Å². The van der Waals surface area contributed by atoms with Crippen molar-refractivity contribution in [1.29, 1.82) is 0 Å². The van der Waals surface area contributed by atoms with E-state index in [0.717, 1.165) is 16.9 Å². The Kier molecular flexibility index (Phi) is 5.80. The van der Waals surface area contributed by atoms with Crippen molar-refractivity contribution >= 4 is 11.8 Å². The Hall–Kier alpha value is -3.22. The van der Waals surface area contributed by atoms with Crippen LogP contribution in [0.15, 0.2) is 42.5 Å². The molecule has 7 heteroatoms. The van der Waals surface area contributed by atoms with Gasteiger partial charge in [0, 0.05) is 20.0 Å². The summed E-state index contributed by atoms with van der Waals surface area (Å²) < 4.78 is 15.7. The third kappa shape index (κ3) is 4.91. The van der Waals surface area contributed by atoms with Crippen molar-refractivity contribution in [3.8, 4) is 17.2 Å². The Labute approximate surface area is 157 Å². The van der Waals surface area contributed by atoms with Gasteiger partial charge in [-0.1, -0.05) is 18.2 Å². The molecular weight excluding hydrogens is 348 g/mol. The van der Waals surface area contributed by atoms with E-state index in [1.165, 1.54) is 11.8 Å². The molecule has 0 aromatic heterocycles. The maximum absolute atomic E-state index is 12.3. The quantitative estimate of drug-likeness (QED) is 0.808. The topological polar surface area (TPSA) is 77.1 Å². The molecule has 0 aliphatic carbocycles. The number of hydrogen-bond donors (Lipinski definition) is 1. The Morgan fingerprint density at radius 2 is 1.78 bits per heavy atom. The molecule has 27 heavy (non-hydrogen) atoms. The van der Waals surface area contributed by atoms with E-state index in [4.69, 9.17) is 14.2 Å². The predicted molar refractivity (Wildman–Crippen MR) is 98.5 cm³/mol. The van der Waals surface area contributed by atoms with Crippen LogP contribution in [0.3, 0.4) is 0 Å². The van der Waals surface area contributed by atoms with Crippen LogP contribution in [0.25, 0.3) is 0 Å². The second-order valence-corrected chi connectivity index (χ2v) is 6.19. The fourth-order valence-electron chi connectivity index (χ4n) is 2.71. The zero-order valence-electron chi connectivity index (χ0n) is 15.4. The number of amides is 2. The predicted octanol–water partition coefficient (Wildman–Crippen LogP) is 2.09. The van der Waals surface area contributed by atoms with Gasteiger partial charge in [-0.2, -0.15) is 0 Å². The molecule has 3 rings (SSSR count). The molecule has 1 aliphatic rings. The van der Waals surface area contributed by atoms with E-state index < -0.39 is 0 Å². The molecular formula is C20H22N2O5. The number of methoxy groups -OCH3 is 1. The zero-order chi connectivity index (χ0) is 19.2. The highest BCUT2D eigenvalue weighted by Crippen LogP contribution is 2.32. The summed E-state index contributed by atoms with van der Waals surface area (Å²) in [6, 6.07) is 12.9. The number of benzene rings is 2. The van der Waals surface area contributed by atoms with Gasteiger partial charge in [-0.05, 0) is 35.4 Å². The summed E-state index contributed by atoms with van der Waals surface area (Å²) in [6.07, 6.45) is 0. The third-order valence-corrected chi connectivity index (χ3v) is 4.24. The number of fused-ring (bicyclic) bond motifs is 1. The van der Waals surface area contributed by atoms with Gasteiger partial charge < -0.3 is 24.4 Å². The van der Waals surface area contributed by atoms with Gasteiger partial charge in [0.1, 0.15) is 5.75 Å². The SMILES string of the molecule is COc1ccc(CNC(=O)CN(Cc2ccc3c(c2)OCO3)C(C)=O)cc1. The average molecular weight is 370 g/mol. The molecule has 0 bridgehead atoms. The van der Waals surface area contributed by atoms with Gasteiger partial charge in [0.2, 0.25) is 18.6 Å². The van der Waals surface area contributed by atoms with Crippen molar-refractivity contribution in [2.75, 3.05) is 20.4 Å². The molecule has 0 fully saturated rings. The molecule has 1 N–H and O–H groups in total. The number of carbonyl (C=O) groups is 2. The van der Waals surface area contributed by atoms with Crippen molar-refractivity contribution in [2.24, 2.45) is 0 Å².